The Bertz CT molecular complexity index is 555. The minimum absolute atomic E-state index is 0.512. The van der Waals surface area contributed by atoms with E-state index in [4.69, 9.17) is 4.74 Å². The zero-order valence-electron chi connectivity index (χ0n) is 11.6. The fraction of sp³-hybridized carbons (Fsp3) is 0.385. The number of likely N-dealkylation sites (N-methyl/N-ethyl adjacent to an activating group) is 1. The Morgan fingerprint density at radius 3 is 2.33 bits per heavy atom. The van der Waals surface area contributed by atoms with E-state index in [2.05, 4.69) is 0 Å². The smallest absolute Gasteiger partial charge is 0.417 e. The molecule has 0 heterocycles. The van der Waals surface area contributed by atoms with Crippen LogP contribution in [-0.4, -0.2) is 42.1 Å². The molecule has 1 aromatic carbocycles. The third-order valence-electron chi connectivity index (χ3n) is 2.60. The summed E-state index contributed by atoms with van der Waals surface area (Å²) in [4.78, 5) is 24.5. The number of phenolic OH excluding ortho intramolecular Hbond substituents is 1. The van der Waals surface area contributed by atoms with Gasteiger partial charge in [0.15, 0.2) is 6.10 Å². The Morgan fingerprint density at radius 2 is 1.86 bits per heavy atom. The molecule has 0 spiro atoms. The number of nitrogens with zero attached hydrogens (tertiary/aromatic N) is 1. The zero-order valence-corrected chi connectivity index (χ0v) is 11.6. The number of benzene rings is 1. The highest BCUT2D eigenvalue weighted by Crippen LogP contribution is 2.34. The average molecular weight is 305 g/mol. The molecule has 0 aliphatic heterocycles. The van der Waals surface area contributed by atoms with Gasteiger partial charge < -0.3 is 14.7 Å². The molecule has 8 heteroatoms. The number of aromatic hydroxyl groups is 1. The maximum absolute atomic E-state index is 12.8. The highest BCUT2D eigenvalue weighted by atomic mass is 19.4. The largest absolute Gasteiger partial charge is 0.508 e. The molecule has 1 amide bonds. The Morgan fingerprint density at radius 1 is 1.29 bits per heavy atom. The van der Waals surface area contributed by atoms with E-state index >= 15 is 0 Å². The van der Waals surface area contributed by atoms with E-state index in [1.54, 1.807) is 0 Å². The Labute approximate surface area is 118 Å². The number of ether oxygens (including phenoxy) is 1. The standard InChI is InChI=1S/C13H14F3NO4/c1-7(11(19)17(2)3)21-12(20)9-6-8(18)4-5-10(9)13(14,15)16/h4-7,18H,1-3H3/t7-/m1/s1. The second kappa shape index (κ2) is 6.02. The Hall–Kier alpha value is -2.25. The van der Waals surface area contributed by atoms with Crippen molar-refractivity contribution in [1.82, 2.24) is 4.90 Å². The van der Waals surface area contributed by atoms with Crippen molar-refractivity contribution in [3.8, 4) is 5.75 Å². The number of rotatable bonds is 3. The van der Waals surface area contributed by atoms with Gasteiger partial charge in [-0.05, 0) is 25.1 Å². The van der Waals surface area contributed by atoms with E-state index in [0.717, 1.165) is 11.0 Å². The lowest BCUT2D eigenvalue weighted by Gasteiger charge is -2.18. The SMILES string of the molecule is C[C@@H](OC(=O)c1cc(O)ccc1C(F)(F)F)C(=O)N(C)C. The van der Waals surface area contributed by atoms with E-state index in [0.29, 0.717) is 12.1 Å². The van der Waals surface area contributed by atoms with Gasteiger partial charge in [-0.25, -0.2) is 4.79 Å². The van der Waals surface area contributed by atoms with Gasteiger partial charge in [0.1, 0.15) is 5.75 Å². The Kier molecular flexibility index (Phi) is 4.82. The van der Waals surface area contributed by atoms with Crippen molar-refractivity contribution in [2.24, 2.45) is 0 Å². The van der Waals surface area contributed by atoms with Gasteiger partial charge in [0.2, 0.25) is 0 Å². The summed E-state index contributed by atoms with van der Waals surface area (Å²) in [6.07, 6.45) is -6.02. The molecular formula is C13H14F3NO4. The number of carbonyl (C=O) groups excluding carboxylic acids is 2. The fourth-order valence-corrected chi connectivity index (χ4v) is 1.59. The minimum atomic E-state index is -4.78. The van der Waals surface area contributed by atoms with Gasteiger partial charge in [0.25, 0.3) is 5.91 Å². The van der Waals surface area contributed by atoms with Crippen molar-refractivity contribution < 1.29 is 32.6 Å². The summed E-state index contributed by atoms with van der Waals surface area (Å²) in [6.45, 7) is 1.25. The van der Waals surface area contributed by atoms with Gasteiger partial charge in [0.05, 0.1) is 11.1 Å². The number of esters is 1. The monoisotopic (exact) mass is 305 g/mol. The summed E-state index contributed by atoms with van der Waals surface area (Å²) in [5, 5.41) is 9.23. The molecule has 0 fully saturated rings. The molecule has 1 atom stereocenters. The van der Waals surface area contributed by atoms with Crippen LogP contribution >= 0.6 is 0 Å². The van der Waals surface area contributed by atoms with Crippen LogP contribution in [0, 0.1) is 0 Å². The Balaban J connectivity index is 3.08. The van der Waals surface area contributed by atoms with Gasteiger partial charge in [-0.3, -0.25) is 4.79 Å². The molecule has 0 aromatic heterocycles. The summed E-state index contributed by atoms with van der Waals surface area (Å²) < 4.78 is 43.1. The van der Waals surface area contributed by atoms with Gasteiger partial charge >= 0.3 is 12.1 Å². The van der Waals surface area contributed by atoms with Crippen molar-refractivity contribution in [2.45, 2.75) is 19.2 Å². The van der Waals surface area contributed by atoms with E-state index in [1.165, 1.54) is 21.0 Å². The van der Waals surface area contributed by atoms with Crippen molar-refractivity contribution in [3.63, 3.8) is 0 Å². The molecule has 1 rings (SSSR count). The molecule has 0 saturated heterocycles. The second-order valence-corrected chi connectivity index (χ2v) is 4.51. The highest BCUT2D eigenvalue weighted by Gasteiger charge is 2.36. The first-order valence-electron chi connectivity index (χ1n) is 5.86. The first-order chi connectivity index (χ1) is 9.54. The van der Waals surface area contributed by atoms with Crippen molar-refractivity contribution in [2.75, 3.05) is 14.1 Å². The van der Waals surface area contributed by atoms with E-state index < -0.39 is 41.0 Å². The van der Waals surface area contributed by atoms with Crippen LogP contribution in [0.1, 0.15) is 22.8 Å². The minimum Gasteiger partial charge on any atom is -0.508 e. The summed E-state index contributed by atoms with van der Waals surface area (Å²) in [6, 6.07) is 2.04. The number of amides is 1. The molecule has 116 valence electrons. The number of halogens is 3. The van der Waals surface area contributed by atoms with E-state index in [-0.39, 0.29) is 0 Å². The molecule has 0 aliphatic carbocycles. The van der Waals surface area contributed by atoms with Crippen LogP contribution in [0.3, 0.4) is 0 Å². The lowest BCUT2D eigenvalue weighted by Crippen LogP contribution is -2.35. The molecule has 0 aliphatic rings. The molecule has 0 bridgehead atoms. The number of carbonyl (C=O) groups is 2. The van der Waals surface area contributed by atoms with Gasteiger partial charge in [-0.1, -0.05) is 0 Å². The van der Waals surface area contributed by atoms with Crippen molar-refractivity contribution in [1.29, 1.82) is 0 Å². The quantitative estimate of drug-likeness (QED) is 0.868. The van der Waals surface area contributed by atoms with Crippen molar-refractivity contribution in [3.05, 3.63) is 29.3 Å². The summed E-state index contributed by atoms with van der Waals surface area (Å²) in [5.74, 6) is -2.42. The van der Waals surface area contributed by atoms with Crippen LogP contribution in [0.15, 0.2) is 18.2 Å². The van der Waals surface area contributed by atoms with Crippen LogP contribution < -0.4 is 0 Å². The van der Waals surface area contributed by atoms with Gasteiger partial charge in [-0.15, -0.1) is 0 Å². The topological polar surface area (TPSA) is 66.8 Å². The molecule has 1 aromatic rings. The van der Waals surface area contributed by atoms with Crippen LogP contribution in [0.25, 0.3) is 0 Å². The van der Waals surface area contributed by atoms with Crippen LogP contribution in [-0.2, 0) is 15.7 Å². The number of hydrogen-bond donors (Lipinski definition) is 1. The van der Waals surface area contributed by atoms with E-state index in [1.807, 2.05) is 0 Å². The molecule has 21 heavy (non-hydrogen) atoms. The summed E-state index contributed by atoms with van der Waals surface area (Å²) >= 11 is 0. The maximum atomic E-state index is 12.8. The number of hydrogen-bond acceptors (Lipinski definition) is 4. The predicted molar refractivity (Wildman–Crippen MR) is 66.7 cm³/mol. The molecule has 0 saturated carbocycles. The first kappa shape index (κ1) is 16.8. The van der Waals surface area contributed by atoms with Gasteiger partial charge in [0, 0.05) is 14.1 Å². The second-order valence-electron chi connectivity index (χ2n) is 4.51. The summed E-state index contributed by atoms with van der Waals surface area (Å²) in [7, 11) is 2.84. The molecule has 5 nitrogen and oxygen atoms in total. The third-order valence-corrected chi connectivity index (χ3v) is 2.60. The molecule has 1 N–H and O–H groups in total. The summed E-state index contributed by atoms with van der Waals surface area (Å²) in [5.41, 5.74) is -2.09. The average Bonchev–Trinajstić information content (AvgIpc) is 2.35. The lowest BCUT2D eigenvalue weighted by atomic mass is 10.1. The highest BCUT2D eigenvalue weighted by molar-refractivity contribution is 5.94. The van der Waals surface area contributed by atoms with Crippen LogP contribution in [0.2, 0.25) is 0 Å². The molecule has 0 unspecified atom stereocenters. The lowest BCUT2D eigenvalue weighted by molar-refractivity contribution is -0.138. The van der Waals surface area contributed by atoms with Crippen LogP contribution in [0.5, 0.6) is 5.75 Å². The fourth-order valence-electron chi connectivity index (χ4n) is 1.59. The first-order valence-corrected chi connectivity index (χ1v) is 5.86. The molecular weight excluding hydrogens is 291 g/mol. The zero-order chi connectivity index (χ0) is 16.4. The predicted octanol–water partition coefficient (Wildman–Crippen LogP) is 2.04. The number of alkyl halides is 3. The maximum Gasteiger partial charge on any atom is 0.417 e. The molecule has 0 radical (unpaired) electrons. The number of phenols is 1. The third kappa shape index (κ3) is 4.11. The van der Waals surface area contributed by atoms with Gasteiger partial charge in [-0.2, -0.15) is 13.2 Å². The normalized spacial score (nSPS) is 12.7. The van der Waals surface area contributed by atoms with E-state index in [9.17, 15) is 27.9 Å². The van der Waals surface area contributed by atoms with Crippen LogP contribution in [0.4, 0.5) is 13.2 Å². The van der Waals surface area contributed by atoms with Crippen molar-refractivity contribution >= 4 is 11.9 Å².